The molecular formula is C67H129NO5. The molecule has 2 unspecified atom stereocenters. The van der Waals surface area contributed by atoms with Crippen molar-refractivity contribution in [2.75, 3.05) is 13.2 Å². The first-order valence-corrected chi connectivity index (χ1v) is 33.1. The summed E-state index contributed by atoms with van der Waals surface area (Å²) in [5, 5.41) is 23.1. The lowest BCUT2D eigenvalue weighted by molar-refractivity contribution is -0.143. The summed E-state index contributed by atoms with van der Waals surface area (Å²) in [6.07, 6.45) is 78.2. The summed E-state index contributed by atoms with van der Waals surface area (Å²) in [7, 11) is 0. The van der Waals surface area contributed by atoms with Crippen LogP contribution >= 0.6 is 0 Å². The summed E-state index contributed by atoms with van der Waals surface area (Å²) in [5.74, 6) is -0.0523. The van der Waals surface area contributed by atoms with E-state index in [0.29, 0.717) is 19.4 Å². The van der Waals surface area contributed by atoms with E-state index >= 15 is 0 Å². The van der Waals surface area contributed by atoms with E-state index in [0.717, 1.165) is 44.9 Å². The van der Waals surface area contributed by atoms with Crippen LogP contribution in [0, 0.1) is 0 Å². The standard InChI is InChI=1S/C67H129NO5/c1-3-5-7-9-11-13-15-17-37-41-45-49-53-57-61-67(72)73-62-58-54-50-46-42-38-34-32-30-28-26-24-22-20-18-19-21-23-25-27-29-31-33-36-40-44-48-52-56-60-66(71)68-64(63-69)65(70)59-55-51-47-43-39-35-16-14-12-10-8-6-4-2/h15,17,55,59,64-65,69-70H,3-14,16,18-54,56-58,60-63H2,1-2H3,(H,68,71)/b17-15-,59-55+. The Labute approximate surface area is 456 Å². The fraction of sp³-hybridized carbons (Fsp3) is 0.910. The number of carbonyl (C=O) groups is 2. The Hall–Kier alpha value is -1.66. The van der Waals surface area contributed by atoms with Crippen molar-refractivity contribution >= 4 is 11.9 Å². The molecule has 0 aromatic heterocycles. The van der Waals surface area contributed by atoms with E-state index in [2.05, 4.69) is 31.3 Å². The second-order valence-corrected chi connectivity index (χ2v) is 22.8. The van der Waals surface area contributed by atoms with Crippen molar-refractivity contribution < 1.29 is 24.5 Å². The highest BCUT2D eigenvalue weighted by Crippen LogP contribution is 2.18. The van der Waals surface area contributed by atoms with Crippen molar-refractivity contribution in [1.82, 2.24) is 5.32 Å². The minimum atomic E-state index is -0.841. The van der Waals surface area contributed by atoms with Crippen molar-refractivity contribution in [1.29, 1.82) is 0 Å². The zero-order chi connectivity index (χ0) is 52.9. The number of aliphatic hydroxyl groups is 2. The molecule has 0 heterocycles. The van der Waals surface area contributed by atoms with Crippen LogP contribution in [0.1, 0.15) is 367 Å². The quantitative estimate of drug-likeness (QED) is 0.0320. The number of hydrogen-bond donors (Lipinski definition) is 3. The predicted octanol–water partition coefficient (Wildman–Crippen LogP) is 21.0. The molecular weight excluding hydrogens is 899 g/mol. The van der Waals surface area contributed by atoms with Crippen LogP contribution in [-0.2, 0) is 14.3 Å². The summed E-state index contributed by atoms with van der Waals surface area (Å²) in [5.41, 5.74) is 0. The lowest BCUT2D eigenvalue weighted by Gasteiger charge is -2.20. The summed E-state index contributed by atoms with van der Waals surface area (Å²) < 4.78 is 5.48. The molecule has 6 heteroatoms. The molecule has 0 aromatic carbocycles. The molecule has 2 atom stereocenters. The van der Waals surface area contributed by atoms with Crippen LogP contribution in [0.3, 0.4) is 0 Å². The third-order valence-electron chi connectivity index (χ3n) is 15.5. The van der Waals surface area contributed by atoms with Crippen molar-refractivity contribution in [2.45, 2.75) is 379 Å². The number of hydrogen-bond acceptors (Lipinski definition) is 5. The summed E-state index contributed by atoms with van der Waals surface area (Å²) in [6.45, 7) is 4.91. The average molecular weight is 1030 g/mol. The molecule has 0 aromatic rings. The highest BCUT2D eigenvalue weighted by Gasteiger charge is 2.18. The molecule has 432 valence electrons. The summed E-state index contributed by atoms with van der Waals surface area (Å²) in [4.78, 5) is 24.5. The van der Waals surface area contributed by atoms with Crippen LogP contribution in [0.5, 0.6) is 0 Å². The highest BCUT2D eigenvalue weighted by molar-refractivity contribution is 5.76. The largest absolute Gasteiger partial charge is 0.466 e. The number of rotatable bonds is 62. The monoisotopic (exact) mass is 1030 g/mol. The number of aliphatic hydroxyl groups excluding tert-OH is 2. The number of amides is 1. The maximum absolute atomic E-state index is 12.5. The third kappa shape index (κ3) is 59.4. The Bertz CT molecular complexity index is 1140. The first-order chi connectivity index (χ1) is 36.0. The van der Waals surface area contributed by atoms with Crippen LogP contribution in [-0.4, -0.2) is 47.4 Å². The van der Waals surface area contributed by atoms with Crippen molar-refractivity contribution in [3.63, 3.8) is 0 Å². The fourth-order valence-electron chi connectivity index (χ4n) is 10.4. The minimum Gasteiger partial charge on any atom is -0.466 e. The number of unbranched alkanes of at least 4 members (excludes halogenated alkanes) is 49. The zero-order valence-corrected chi connectivity index (χ0v) is 49.4. The van der Waals surface area contributed by atoms with Crippen molar-refractivity contribution in [3.05, 3.63) is 24.3 Å². The lowest BCUT2D eigenvalue weighted by atomic mass is 10.0. The van der Waals surface area contributed by atoms with Crippen LogP contribution in [0.15, 0.2) is 24.3 Å². The lowest BCUT2D eigenvalue weighted by Crippen LogP contribution is -2.45. The van der Waals surface area contributed by atoms with Crippen molar-refractivity contribution in [3.8, 4) is 0 Å². The molecule has 0 aliphatic rings. The van der Waals surface area contributed by atoms with Crippen LogP contribution < -0.4 is 5.32 Å². The van der Waals surface area contributed by atoms with E-state index in [1.54, 1.807) is 6.08 Å². The summed E-state index contributed by atoms with van der Waals surface area (Å²) in [6, 6.07) is -0.624. The topological polar surface area (TPSA) is 95.9 Å². The predicted molar refractivity (Wildman–Crippen MR) is 320 cm³/mol. The summed E-state index contributed by atoms with van der Waals surface area (Å²) >= 11 is 0. The molecule has 0 fully saturated rings. The van der Waals surface area contributed by atoms with Crippen molar-refractivity contribution in [2.24, 2.45) is 0 Å². The van der Waals surface area contributed by atoms with Gasteiger partial charge >= 0.3 is 5.97 Å². The smallest absolute Gasteiger partial charge is 0.305 e. The number of nitrogens with one attached hydrogen (secondary N) is 1. The molecule has 0 rings (SSSR count). The van der Waals surface area contributed by atoms with Gasteiger partial charge in [0, 0.05) is 12.8 Å². The van der Waals surface area contributed by atoms with Gasteiger partial charge in [0.05, 0.1) is 25.4 Å². The molecule has 0 saturated heterocycles. The van der Waals surface area contributed by atoms with Gasteiger partial charge in [-0.05, 0) is 57.8 Å². The molecule has 0 aliphatic heterocycles. The van der Waals surface area contributed by atoms with E-state index < -0.39 is 12.1 Å². The van der Waals surface area contributed by atoms with Crippen LogP contribution in [0.4, 0.5) is 0 Å². The van der Waals surface area contributed by atoms with Gasteiger partial charge in [-0.15, -0.1) is 0 Å². The van der Waals surface area contributed by atoms with Crippen LogP contribution in [0.25, 0.3) is 0 Å². The Kier molecular flexibility index (Phi) is 61.4. The van der Waals surface area contributed by atoms with E-state index in [-0.39, 0.29) is 18.5 Å². The highest BCUT2D eigenvalue weighted by atomic mass is 16.5. The Morgan fingerprint density at radius 2 is 0.644 bits per heavy atom. The first kappa shape index (κ1) is 71.3. The van der Waals surface area contributed by atoms with Gasteiger partial charge in [0.2, 0.25) is 5.91 Å². The third-order valence-corrected chi connectivity index (χ3v) is 15.5. The van der Waals surface area contributed by atoms with E-state index in [9.17, 15) is 19.8 Å². The number of carbonyl (C=O) groups excluding carboxylic acids is 2. The Morgan fingerprint density at radius 3 is 0.973 bits per heavy atom. The number of ether oxygens (including phenoxy) is 1. The van der Waals surface area contributed by atoms with E-state index in [1.165, 1.54) is 295 Å². The number of esters is 1. The Balaban J connectivity index is 3.34. The van der Waals surface area contributed by atoms with Gasteiger partial charge in [0.25, 0.3) is 0 Å². The van der Waals surface area contributed by atoms with Gasteiger partial charge in [0.1, 0.15) is 0 Å². The molecule has 0 aliphatic carbocycles. The molecule has 3 N–H and O–H groups in total. The second kappa shape index (κ2) is 62.9. The maximum atomic E-state index is 12.5. The molecule has 0 spiro atoms. The molecule has 6 nitrogen and oxygen atoms in total. The second-order valence-electron chi connectivity index (χ2n) is 22.8. The SMILES string of the molecule is CCCCCCC/C=C\CCCCCCCC(=O)OCCCCCCCCCCCCCCCCCCCCCCCCCCCCCCCC(=O)NC(CO)C(O)/C=C/CCCCCCCCCCCCC. The molecule has 0 radical (unpaired) electrons. The van der Waals surface area contributed by atoms with Gasteiger partial charge < -0.3 is 20.3 Å². The van der Waals surface area contributed by atoms with Crippen LogP contribution in [0.2, 0.25) is 0 Å². The molecule has 0 bridgehead atoms. The average Bonchev–Trinajstić information content (AvgIpc) is 3.39. The van der Waals surface area contributed by atoms with Gasteiger partial charge in [-0.3, -0.25) is 9.59 Å². The zero-order valence-electron chi connectivity index (χ0n) is 49.4. The number of allylic oxidation sites excluding steroid dienone is 3. The van der Waals surface area contributed by atoms with Gasteiger partial charge in [0.15, 0.2) is 0 Å². The normalized spacial score (nSPS) is 12.7. The van der Waals surface area contributed by atoms with E-state index in [1.807, 2.05) is 6.08 Å². The van der Waals surface area contributed by atoms with E-state index in [4.69, 9.17) is 4.74 Å². The van der Waals surface area contributed by atoms with Gasteiger partial charge in [-0.2, -0.15) is 0 Å². The Morgan fingerprint density at radius 1 is 0.370 bits per heavy atom. The molecule has 0 saturated carbocycles. The van der Waals surface area contributed by atoms with Gasteiger partial charge in [-0.25, -0.2) is 0 Å². The van der Waals surface area contributed by atoms with Gasteiger partial charge in [-0.1, -0.05) is 321 Å². The minimum absolute atomic E-state index is 0.0109. The molecule has 73 heavy (non-hydrogen) atoms. The maximum Gasteiger partial charge on any atom is 0.305 e. The first-order valence-electron chi connectivity index (χ1n) is 33.1. The fourth-order valence-corrected chi connectivity index (χ4v) is 10.4. The molecule has 1 amide bonds.